The summed E-state index contributed by atoms with van der Waals surface area (Å²) in [5.41, 5.74) is 1.26. The van der Waals surface area contributed by atoms with E-state index in [1.54, 1.807) is 0 Å². The minimum Gasteiger partial charge on any atom is -0.492 e. The van der Waals surface area contributed by atoms with E-state index in [4.69, 9.17) is 4.74 Å². The molecule has 1 aromatic carbocycles. The molecule has 0 heterocycles. The van der Waals surface area contributed by atoms with E-state index in [0.29, 0.717) is 13.2 Å². The van der Waals surface area contributed by atoms with Gasteiger partial charge in [0, 0.05) is 6.92 Å². The largest absolute Gasteiger partial charge is 0.492 e. The molecule has 1 rings (SSSR count). The molecule has 15 heavy (non-hydrogen) atoms. The Balaban J connectivity index is 2.33. The summed E-state index contributed by atoms with van der Waals surface area (Å²) in [7, 11) is 0. The summed E-state index contributed by atoms with van der Waals surface area (Å²) in [5, 5.41) is 2.68. The van der Waals surface area contributed by atoms with Crippen LogP contribution < -0.4 is 10.1 Å². The summed E-state index contributed by atoms with van der Waals surface area (Å²) in [6.45, 7) is 4.66. The van der Waals surface area contributed by atoms with Crippen LogP contribution in [-0.2, 0) is 11.2 Å². The van der Waals surface area contributed by atoms with Crippen LogP contribution in [0.2, 0.25) is 0 Å². The van der Waals surface area contributed by atoms with Crippen LogP contribution in [-0.4, -0.2) is 19.1 Å². The fourth-order valence-electron chi connectivity index (χ4n) is 1.25. The van der Waals surface area contributed by atoms with Crippen molar-refractivity contribution in [1.82, 2.24) is 5.32 Å². The number of carbonyl (C=O) groups is 1. The molecule has 0 aromatic heterocycles. The molecule has 0 aliphatic rings. The maximum atomic E-state index is 10.6. The van der Waals surface area contributed by atoms with Gasteiger partial charge in [-0.05, 0) is 24.1 Å². The Kier molecular flexibility index (Phi) is 4.68. The van der Waals surface area contributed by atoms with Crippen molar-refractivity contribution in [3.8, 4) is 5.75 Å². The van der Waals surface area contributed by atoms with E-state index in [0.717, 1.165) is 12.2 Å². The van der Waals surface area contributed by atoms with Crippen LogP contribution in [0.4, 0.5) is 0 Å². The molecular weight excluding hydrogens is 190 g/mol. The van der Waals surface area contributed by atoms with E-state index in [9.17, 15) is 4.79 Å². The zero-order valence-electron chi connectivity index (χ0n) is 9.25. The lowest BCUT2D eigenvalue weighted by atomic mass is 10.2. The second-order valence-corrected chi connectivity index (χ2v) is 3.33. The van der Waals surface area contributed by atoms with Crippen molar-refractivity contribution in [3.63, 3.8) is 0 Å². The van der Waals surface area contributed by atoms with E-state index in [1.807, 2.05) is 18.2 Å². The third-order valence-electron chi connectivity index (χ3n) is 2.05. The van der Waals surface area contributed by atoms with Crippen LogP contribution in [0.1, 0.15) is 19.4 Å². The van der Waals surface area contributed by atoms with Gasteiger partial charge >= 0.3 is 0 Å². The van der Waals surface area contributed by atoms with Crippen LogP contribution in [0.3, 0.4) is 0 Å². The van der Waals surface area contributed by atoms with Crippen molar-refractivity contribution in [2.45, 2.75) is 20.3 Å². The van der Waals surface area contributed by atoms with E-state index in [2.05, 4.69) is 18.3 Å². The average molecular weight is 207 g/mol. The van der Waals surface area contributed by atoms with Gasteiger partial charge in [0.2, 0.25) is 5.91 Å². The normalized spacial score (nSPS) is 9.73. The summed E-state index contributed by atoms with van der Waals surface area (Å²) >= 11 is 0. The molecule has 3 heteroatoms. The van der Waals surface area contributed by atoms with Gasteiger partial charge in [-0.25, -0.2) is 0 Å². The molecule has 82 valence electrons. The number of ether oxygens (including phenoxy) is 1. The van der Waals surface area contributed by atoms with Crippen LogP contribution in [0.5, 0.6) is 5.75 Å². The Morgan fingerprint density at radius 1 is 1.47 bits per heavy atom. The van der Waals surface area contributed by atoms with Gasteiger partial charge in [-0.3, -0.25) is 4.79 Å². The Morgan fingerprint density at radius 2 is 2.27 bits per heavy atom. The van der Waals surface area contributed by atoms with Crippen LogP contribution in [0.15, 0.2) is 24.3 Å². The molecule has 0 radical (unpaired) electrons. The standard InChI is InChI=1S/C12H17NO2/c1-3-11-5-4-6-12(9-11)15-8-7-13-10(2)14/h4-6,9H,3,7-8H2,1-2H3,(H,13,14). The van der Waals surface area contributed by atoms with Gasteiger partial charge in [-0.15, -0.1) is 0 Å². The molecule has 0 aliphatic carbocycles. The lowest BCUT2D eigenvalue weighted by Gasteiger charge is -2.07. The topological polar surface area (TPSA) is 38.3 Å². The molecule has 0 unspecified atom stereocenters. The van der Waals surface area contributed by atoms with Crippen molar-refractivity contribution in [2.24, 2.45) is 0 Å². The maximum absolute atomic E-state index is 10.6. The molecule has 0 atom stereocenters. The lowest BCUT2D eigenvalue weighted by molar-refractivity contribution is -0.119. The molecule has 1 amide bonds. The van der Waals surface area contributed by atoms with Crippen LogP contribution in [0.25, 0.3) is 0 Å². The van der Waals surface area contributed by atoms with Crippen molar-refractivity contribution >= 4 is 5.91 Å². The molecule has 0 saturated heterocycles. The van der Waals surface area contributed by atoms with Crippen molar-refractivity contribution in [1.29, 1.82) is 0 Å². The Hall–Kier alpha value is -1.51. The van der Waals surface area contributed by atoms with Crippen LogP contribution in [0, 0.1) is 0 Å². The van der Waals surface area contributed by atoms with Gasteiger partial charge in [0.25, 0.3) is 0 Å². The molecule has 1 aromatic rings. The predicted molar refractivity (Wildman–Crippen MR) is 60.0 cm³/mol. The van der Waals surface area contributed by atoms with Gasteiger partial charge in [0.15, 0.2) is 0 Å². The fourth-order valence-corrected chi connectivity index (χ4v) is 1.25. The highest BCUT2D eigenvalue weighted by molar-refractivity contribution is 5.72. The number of aryl methyl sites for hydroxylation is 1. The second-order valence-electron chi connectivity index (χ2n) is 3.33. The molecular formula is C12H17NO2. The first kappa shape index (κ1) is 11.6. The number of amides is 1. The molecule has 0 fully saturated rings. The third-order valence-corrected chi connectivity index (χ3v) is 2.05. The highest BCUT2D eigenvalue weighted by atomic mass is 16.5. The Labute approximate surface area is 90.4 Å². The maximum Gasteiger partial charge on any atom is 0.216 e. The minimum absolute atomic E-state index is 0.0269. The van der Waals surface area contributed by atoms with Gasteiger partial charge in [0.1, 0.15) is 12.4 Å². The summed E-state index contributed by atoms with van der Waals surface area (Å²) in [6.07, 6.45) is 1.00. The van der Waals surface area contributed by atoms with E-state index >= 15 is 0 Å². The summed E-state index contributed by atoms with van der Waals surface area (Å²) < 4.78 is 5.48. The lowest BCUT2D eigenvalue weighted by Crippen LogP contribution is -2.25. The monoisotopic (exact) mass is 207 g/mol. The number of rotatable bonds is 5. The summed E-state index contributed by atoms with van der Waals surface area (Å²) in [5.74, 6) is 0.834. The molecule has 1 N–H and O–H groups in total. The number of carbonyl (C=O) groups excluding carboxylic acids is 1. The number of benzene rings is 1. The van der Waals surface area contributed by atoms with Gasteiger partial charge in [-0.1, -0.05) is 19.1 Å². The number of nitrogens with one attached hydrogen (secondary N) is 1. The Bertz CT molecular complexity index is 323. The van der Waals surface area contributed by atoms with Crippen molar-refractivity contribution in [2.75, 3.05) is 13.2 Å². The van der Waals surface area contributed by atoms with E-state index in [-0.39, 0.29) is 5.91 Å². The first-order valence-electron chi connectivity index (χ1n) is 5.18. The van der Waals surface area contributed by atoms with Crippen molar-refractivity contribution in [3.05, 3.63) is 29.8 Å². The molecule has 0 bridgehead atoms. The predicted octanol–water partition coefficient (Wildman–Crippen LogP) is 1.76. The fraction of sp³-hybridized carbons (Fsp3) is 0.417. The molecule has 3 nitrogen and oxygen atoms in total. The quantitative estimate of drug-likeness (QED) is 0.747. The summed E-state index contributed by atoms with van der Waals surface area (Å²) in [4.78, 5) is 10.6. The van der Waals surface area contributed by atoms with Crippen molar-refractivity contribution < 1.29 is 9.53 Å². The third kappa shape index (κ3) is 4.49. The van der Waals surface area contributed by atoms with E-state index in [1.165, 1.54) is 12.5 Å². The smallest absolute Gasteiger partial charge is 0.216 e. The SMILES string of the molecule is CCc1cccc(OCCNC(C)=O)c1. The molecule has 0 saturated carbocycles. The first-order valence-corrected chi connectivity index (χ1v) is 5.18. The zero-order chi connectivity index (χ0) is 11.1. The highest BCUT2D eigenvalue weighted by Gasteiger charge is 1.95. The van der Waals surface area contributed by atoms with Gasteiger partial charge in [0.05, 0.1) is 6.54 Å². The highest BCUT2D eigenvalue weighted by Crippen LogP contribution is 2.13. The average Bonchev–Trinajstić information content (AvgIpc) is 2.24. The Morgan fingerprint density at radius 3 is 2.93 bits per heavy atom. The minimum atomic E-state index is -0.0269. The van der Waals surface area contributed by atoms with Crippen LogP contribution >= 0.6 is 0 Å². The molecule has 0 aliphatic heterocycles. The van der Waals surface area contributed by atoms with E-state index < -0.39 is 0 Å². The summed E-state index contributed by atoms with van der Waals surface area (Å²) in [6, 6.07) is 7.99. The second kappa shape index (κ2) is 6.06. The zero-order valence-corrected chi connectivity index (χ0v) is 9.25. The van der Waals surface area contributed by atoms with Gasteiger partial charge < -0.3 is 10.1 Å². The molecule has 0 spiro atoms. The first-order chi connectivity index (χ1) is 7.22. The van der Waals surface area contributed by atoms with Gasteiger partial charge in [-0.2, -0.15) is 0 Å². The number of hydrogen-bond donors (Lipinski definition) is 1. The number of hydrogen-bond acceptors (Lipinski definition) is 2.